The van der Waals surface area contributed by atoms with Gasteiger partial charge in [-0.2, -0.15) is 0 Å². The van der Waals surface area contributed by atoms with E-state index >= 15 is 0 Å². The number of hydrogen-bond acceptors (Lipinski definition) is 4. The number of aromatic nitrogens is 2. The van der Waals surface area contributed by atoms with Gasteiger partial charge in [-0.25, -0.2) is 9.97 Å². The summed E-state index contributed by atoms with van der Waals surface area (Å²) in [5.41, 5.74) is 0.746. The molecular formula is C15H24IN3O. The highest BCUT2D eigenvalue weighted by Gasteiger charge is 2.29. The van der Waals surface area contributed by atoms with Crippen molar-refractivity contribution in [1.82, 2.24) is 9.97 Å². The minimum Gasteiger partial charge on any atom is -0.371 e. The molecule has 1 N–H and O–H groups in total. The van der Waals surface area contributed by atoms with Crippen molar-refractivity contribution in [3.63, 3.8) is 0 Å². The maximum Gasteiger partial charge on any atom is 0.162 e. The molecule has 1 aliphatic carbocycles. The zero-order valence-electron chi connectivity index (χ0n) is 12.8. The molecule has 4 nitrogen and oxygen atoms in total. The van der Waals surface area contributed by atoms with Gasteiger partial charge in [-0.05, 0) is 56.2 Å². The van der Waals surface area contributed by atoms with Gasteiger partial charge in [0.05, 0.1) is 9.26 Å². The Bertz CT molecular complexity index is 470. The maximum absolute atomic E-state index is 5.56. The standard InChI is InChI=1S/C15H24IN3O/c1-5-17-13-11(16)12(10-8-6-7-9-10)18-14(19-13)15(2,3)20-4/h10H,5-9H2,1-4H3,(H,17,18,19). The van der Waals surface area contributed by atoms with Crippen LogP contribution in [0, 0.1) is 3.57 Å². The first-order valence-corrected chi connectivity index (χ1v) is 8.44. The third-order valence-electron chi connectivity index (χ3n) is 4.01. The van der Waals surface area contributed by atoms with Gasteiger partial charge < -0.3 is 10.1 Å². The predicted molar refractivity (Wildman–Crippen MR) is 90.2 cm³/mol. The first kappa shape index (κ1) is 15.9. The number of anilines is 1. The van der Waals surface area contributed by atoms with Gasteiger partial charge in [-0.1, -0.05) is 12.8 Å². The number of halogens is 1. The van der Waals surface area contributed by atoms with Crippen LogP contribution in [0.3, 0.4) is 0 Å². The second kappa shape index (κ2) is 6.56. The summed E-state index contributed by atoms with van der Waals surface area (Å²) in [7, 11) is 1.71. The van der Waals surface area contributed by atoms with Gasteiger partial charge in [0.15, 0.2) is 5.82 Å². The summed E-state index contributed by atoms with van der Waals surface area (Å²) in [6.45, 7) is 6.99. The molecule has 0 radical (unpaired) electrons. The van der Waals surface area contributed by atoms with Crippen LogP contribution in [0.2, 0.25) is 0 Å². The van der Waals surface area contributed by atoms with Crippen LogP contribution in [0.1, 0.15) is 63.9 Å². The van der Waals surface area contributed by atoms with Crippen molar-refractivity contribution in [3.8, 4) is 0 Å². The lowest BCUT2D eigenvalue weighted by Gasteiger charge is -2.24. The molecule has 0 aliphatic heterocycles. The van der Waals surface area contributed by atoms with Crippen LogP contribution in [0.25, 0.3) is 0 Å². The normalized spacial score (nSPS) is 16.6. The summed E-state index contributed by atoms with van der Waals surface area (Å²) >= 11 is 2.38. The highest BCUT2D eigenvalue weighted by atomic mass is 127. The summed E-state index contributed by atoms with van der Waals surface area (Å²) in [4.78, 5) is 9.54. The fourth-order valence-corrected chi connectivity index (χ4v) is 3.45. The van der Waals surface area contributed by atoms with E-state index in [9.17, 15) is 0 Å². The minimum absolute atomic E-state index is 0.456. The monoisotopic (exact) mass is 389 g/mol. The molecule has 2 rings (SSSR count). The Morgan fingerprint density at radius 1 is 1.30 bits per heavy atom. The topological polar surface area (TPSA) is 47.0 Å². The number of nitrogens with zero attached hydrogens (tertiary/aromatic N) is 2. The molecule has 112 valence electrons. The van der Waals surface area contributed by atoms with Crippen molar-refractivity contribution < 1.29 is 4.74 Å². The van der Waals surface area contributed by atoms with E-state index < -0.39 is 5.60 Å². The van der Waals surface area contributed by atoms with Gasteiger partial charge in [0, 0.05) is 19.6 Å². The third-order valence-corrected chi connectivity index (χ3v) is 5.08. The molecule has 20 heavy (non-hydrogen) atoms. The highest BCUT2D eigenvalue weighted by Crippen LogP contribution is 2.38. The molecule has 1 aromatic heterocycles. The van der Waals surface area contributed by atoms with Crippen LogP contribution >= 0.6 is 22.6 Å². The van der Waals surface area contributed by atoms with Crippen molar-refractivity contribution in [2.45, 2.75) is 58.0 Å². The van der Waals surface area contributed by atoms with Gasteiger partial charge >= 0.3 is 0 Å². The van der Waals surface area contributed by atoms with E-state index in [0.29, 0.717) is 5.92 Å². The lowest BCUT2D eigenvalue weighted by molar-refractivity contribution is 0.0113. The second-order valence-electron chi connectivity index (χ2n) is 5.82. The lowest BCUT2D eigenvalue weighted by atomic mass is 10.0. The Kier molecular flexibility index (Phi) is 5.23. The number of rotatable bonds is 5. The Morgan fingerprint density at radius 2 is 1.95 bits per heavy atom. The molecule has 1 aliphatic rings. The molecule has 0 unspecified atom stereocenters. The van der Waals surface area contributed by atoms with E-state index in [1.165, 1.54) is 34.9 Å². The van der Waals surface area contributed by atoms with Crippen molar-refractivity contribution in [3.05, 3.63) is 15.1 Å². The Hall–Kier alpha value is -0.430. The zero-order valence-corrected chi connectivity index (χ0v) is 15.0. The number of nitrogens with one attached hydrogen (secondary N) is 1. The predicted octanol–water partition coefficient (Wildman–Crippen LogP) is 4.05. The quantitative estimate of drug-likeness (QED) is 0.772. The SMILES string of the molecule is CCNc1nc(C(C)(C)OC)nc(C2CCCC2)c1I. The maximum atomic E-state index is 5.56. The van der Waals surface area contributed by atoms with Gasteiger partial charge in [0.1, 0.15) is 11.4 Å². The van der Waals surface area contributed by atoms with E-state index in [2.05, 4.69) is 39.8 Å². The van der Waals surface area contributed by atoms with E-state index in [1.807, 2.05) is 13.8 Å². The molecule has 0 atom stereocenters. The Labute approximate surface area is 135 Å². The van der Waals surface area contributed by atoms with Gasteiger partial charge in [0.25, 0.3) is 0 Å². The lowest BCUT2D eigenvalue weighted by Crippen LogP contribution is -2.25. The van der Waals surface area contributed by atoms with Gasteiger partial charge in [-0.15, -0.1) is 0 Å². The molecule has 0 saturated heterocycles. The Balaban J connectivity index is 2.48. The molecule has 0 amide bonds. The van der Waals surface area contributed by atoms with Gasteiger partial charge in [-0.3, -0.25) is 0 Å². The molecule has 0 aromatic carbocycles. The summed E-state index contributed by atoms with van der Waals surface area (Å²) < 4.78 is 6.73. The van der Waals surface area contributed by atoms with Gasteiger partial charge in [0.2, 0.25) is 0 Å². The first-order valence-electron chi connectivity index (χ1n) is 7.36. The van der Waals surface area contributed by atoms with Crippen LogP contribution < -0.4 is 5.32 Å². The van der Waals surface area contributed by atoms with Crippen LogP contribution in [0.15, 0.2) is 0 Å². The molecule has 0 bridgehead atoms. The molecule has 1 heterocycles. The molecule has 1 saturated carbocycles. The molecular weight excluding hydrogens is 365 g/mol. The average molecular weight is 389 g/mol. The average Bonchev–Trinajstić information content (AvgIpc) is 2.95. The van der Waals surface area contributed by atoms with E-state index in [0.717, 1.165) is 18.2 Å². The van der Waals surface area contributed by atoms with Crippen molar-refractivity contribution in [1.29, 1.82) is 0 Å². The summed E-state index contributed by atoms with van der Waals surface area (Å²) in [6, 6.07) is 0. The molecule has 1 fully saturated rings. The Morgan fingerprint density at radius 3 is 2.50 bits per heavy atom. The van der Waals surface area contributed by atoms with Crippen molar-refractivity contribution in [2.24, 2.45) is 0 Å². The smallest absolute Gasteiger partial charge is 0.162 e. The number of ether oxygens (including phenoxy) is 1. The van der Waals surface area contributed by atoms with Crippen LogP contribution in [-0.2, 0) is 10.3 Å². The van der Waals surface area contributed by atoms with E-state index in [4.69, 9.17) is 9.72 Å². The minimum atomic E-state index is -0.456. The number of methoxy groups -OCH3 is 1. The van der Waals surface area contributed by atoms with Crippen molar-refractivity contribution >= 4 is 28.4 Å². The molecule has 1 aromatic rings. The second-order valence-corrected chi connectivity index (χ2v) is 6.90. The van der Waals surface area contributed by atoms with Crippen LogP contribution in [0.5, 0.6) is 0 Å². The van der Waals surface area contributed by atoms with Crippen molar-refractivity contribution in [2.75, 3.05) is 19.0 Å². The number of hydrogen-bond donors (Lipinski definition) is 1. The first-order chi connectivity index (χ1) is 9.49. The highest BCUT2D eigenvalue weighted by molar-refractivity contribution is 14.1. The summed E-state index contributed by atoms with van der Waals surface area (Å²) in [6.07, 6.45) is 5.10. The largest absolute Gasteiger partial charge is 0.371 e. The molecule has 0 spiro atoms. The van der Waals surface area contributed by atoms with E-state index in [1.54, 1.807) is 7.11 Å². The zero-order chi connectivity index (χ0) is 14.8. The molecule has 5 heteroatoms. The van der Waals surface area contributed by atoms with Crippen LogP contribution in [-0.4, -0.2) is 23.6 Å². The summed E-state index contributed by atoms with van der Waals surface area (Å²) in [5.74, 6) is 2.30. The summed E-state index contributed by atoms with van der Waals surface area (Å²) in [5, 5.41) is 3.36. The fourth-order valence-electron chi connectivity index (χ4n) is 2.58. The van der Waals surface area contributed by atoms with E-state index in [-0.39, 0.29) is 0 Å². The fraction of sp³-hybridized carbons (Fsp3) is 0.733. The third kappa shape index (κ3) is 3.24. The van der Waals surface area contributed by atoms with Crippen LogP contribution in [0.4, 0.5) is 5.82 Å².